The number of benzene rings is 1. The largest absolute Gasteiger partial charge is 0.320 e. The molecule has 1 aromatic carbocycles. The Morgan fingerprint density at radius 3 is 2.65 bits per heavy atom. The van der Waals surface area contributed by atoms with E-state index in [0.29, 0.717) is 12.0 Å². The topological polar surface area (TPSA) is 72.2 Å². The van der Waals surface area contributed by atoms with Crippen LogP contribution in [0.1, 0.15) is 18.4 Å². The molecule has 0 saturated heterocycles. The monoisotopic (exact) mass is 300 g/mol. The molecule has 0 aliphatic heterocycles. The van der Waals surface area contributed by atoms with Gasteiger partial charge in [-0.2, -0.15) is 0 Å². The second-order valence-corrected chi connectivity index (χ2v) is 6.27. The molecule has 1 fully saturated rings. The summed E-state index contributed by atoms with van der Waals surface area (Å²) < 4.78 is 53.5. The summed E-state index contributed by atoms with van der Waals surface area (Å²) in [7, 11) is -4.06. The minimum Gasteiger partial charge on any atom is -0.320 e. The van der Waals surface area contributed by atoms with Gasteiger partial charge in [-0.3, -0.25) is 0 Å². The first-order valence-electron chi connectivity index (χ1n) is 6.11. The highest BCUT2D eigenvalue weighted by molar-refractivity contribution is 7.89. The zero-order valence-corrected chi connectivity index (χ0v) is 11.4. The molecule has 2 rings (SSSR count). The van der Waals surface area contributed by atoms with Gasteiger partial charge < -0.3 is 5.73 Å². The van der Waals surface area contributed by atoms with Crippen molar-refractivity contribution in [1.29, 1.82) is 0 Å². The van der Waals surface area contributed by atoms with Crippen LogP contribution in [0, 0.1) is 29.4 Å². The van der Waals surface area contributed by atoms with Gasteiger partial charge in [-0.1, -0.05) is 11.8 Å². The molecule has 1 aliphatic carbocycles. The van der Waals surface area contributed by atoms with Gasteiger partial charge in [0.05, 0.1) is 12.1 Å². The summed E-state index contributed by atoms with van der Waals surface area (Å²) in [5, 5.41) is 0. The van der Waals surface area contributed by atoms with Crippen LogP contribution in [0.4, 0.5) is 8.78 Å². The Hall–Kier alpha value is -1.49. The highest BCUT2D eigenvalue weighted by atomic mass is 32.2. The highest BCUT2D eigenvalue weighted by Gasteiger charge is 2.28. The summed E-state index contributed by atoms with van der Waals surface area (Å²) in [4.78, 5) is -0.625. The van der Waals surface area contributed by atoms with Gasteiger partial charge in [0.2, 0.25) is 10.0 Å². The van der Waals surface area contributed by atoms with E-state index in [0.717, 1.165) is 18.9 Å². The summed E-state index contributed by atoms with van der Waals surface area (Å²) in [6.45, 7) is 0.218. The van der Waals surface area contributed by atoms with E-state index < -0.39 is 26.6 Å². The molecular weight excluding hydrogens is 286 g/mol. The van der Waals surface area contributed by atoms with Crippen LogP contribution in [0.3, 0.4) is 0 Å². The molecule has 108 valence electrons. The van der Waals surface area contributed by atoms with Crippen molar-refractivity contribution in [1.82, 2.24) is 4.72 Å². The SMILES string of the molecule is NCC#Cc1cc(F)cc(F)c1S(=O)(=O)NCC1CC1. The van der Waals surface area contributed by atoms with Gasteiger partial charge in [-0.25, -0.2) is 21.9 Å². The molecule has 3 N–H and O–H groups in total. The number of rotatable bonds is 4. The number of halogens is 2. The number of nitrogens with one attached hydrogen (secondary N) is 1. The normalized spacial score (nSPS) is 14.8. The molecule has 0 heterocycles. The second kappa shape index (κ2) is 5.87. The lowest BCUT2D eigenvalue weighted by Crippen LogP contribution is -2.27. The molecule has 1 saturated carbocycles. The van der Waals surface area contributed by atoms with Gasteiger partial charge in [0.1, 0.15) is 16.5 Å². The van der Waals surface area contributed by atoms with E-state index in [9.17, 15) is 17.2 Å². The number of hydrogen-bond acceptors (Lipinski definition) is 3. The third-order valence-corrected chi connectivity index (χ3v) is 4.36. The Bertz CT molecular complexity index is 674. The lowest BCUT2D eigenvalue weighted by atomic mass is 10.2. The molecule has 1 aromatic rings. The Labute approximate surface area is 116 Å². The van der Waals surface area contributed by atoms with E-state index >= 15 is 0 Å². The second-order valence-electron chi connectivity index (χ2n) is 4.57. The maximum atomic E-state index is 13.8. The van der Waals surface area contributed by atoms with Crippen molar-refractivity contribution in [2.75, 3.05) is 13.1 Å². The van der Waals surface area contributed by atoms with E-state index in [4.69, 9.17) is 5.73 Å². The lowest BCUT2D eigenvalue weighted by Gasteiger charge is -2.09. The predicted octanol–water partition coefficient (Wildman–Crippen LogP) is 0.963. The fourth-order valence-corrected chi connectivity index (χ4v) is 3.01. The van der Waals surface area contributed by atoms with Crippen LogP contribution >= 0.6 is 0 Å². The van der Waals surface area contributed by atoms with Gasteiger partial charge in [-0.15, -0.1) is 0 Å². The van der Waals surface area contributed by atoms with E-state index in [-0.39, 0.29) is 18.7 Å². The maximum Gasteiger partial charge on any atom is 0.244 e. The quantitative estimate of drug-likeness (QED) is 0.814. The van der Waals surface area contributed by atoms with Gasteiger partial charge in [-0.05, 0) is 24.8 Å². The Kier molecular flexibility index (Phi) is 4.38. The van der Waals surface area contributed by atoms with Crippen LogP contribution in [0.5, 0.6) is 0 Å². The van der Waals surface area contributed by atoms with Crippen molar-refractivity contribution in [2.45, 2.75) is 17.7 Å². The zero-order chi connectivity index (χ0) is 14.8. The molecule has 7 heteroatoms. The summed E-state index contributed by atoms with van der Waals surface area (Å²) in [5.41, 5.74) is 4.97. The molecule has 0 radical (unpaired) electrons. The van der Waals surface area contributed by atoms with Crippen LogP contribution in [0.15, 0.2) is 17.0 Å². The molecule has 4 nitrogen and oxygen atoms in total. The molecular formula is C13H14F2N2O2S. The van der Waals surface area contributed by atoms with E-state index in [1.165, 1.54) is 0 Å². The zero-order valence-electron chi connectivity index (χ0n) is 10.6. The molecule has 1 aliphatic rings. The van der Waals surface area contributed by atoms with Crippen molar-refractivity contribution < 1.29 is 17.2 Å². The minimum absolute atomic E-state index is 0.0346. The summed E-state index contributed by atoms with van der Waals surface area (Å²) in [6.07, 6.45) is 1.91. The summed E-state index contributed by atoms with van der Waals surface area (Å²) in [6, 6.07) is 1.41. The Balaban J connectivity index is 2.41. The fourth-order valence-electron chi connectivity index (χ4n) is 1.69. The van der Waals surface area contributed by atoms with Crippen LogP contribution in [0.2, 0.25) is 0 Å². The van der Waals surface area contributed by atoms with Crippen molar-refractivity contribution in [2.24, 2.45) is 11.7 Å². The minimum atomic E-state index is -4.06. The van der Waals surface area contributed by atoms with Crippen molar-refractivity contribution >= 4 is 10.0 Å². The Morgan fingerprint density at radius 1 is 1.35 bits per heavy atom. The molecule has 0 unspecified atom stereocenters. The first-order valence-corrected chi connectivity index (χ1v) is 7.60. The van der Waals surface area contributed by atoms with Gasteiger partial charge in [0.25, 0.3) is 0 Å². The number of sulfonamides is 1. The molecule has 20 heavy (non-hydrogen) atoms. The molecule has 0 atom stereocenters. The molecule has 0 aromatic heterocycles. The van der Waals surface area contributed by atoms with Crippen LogP contribution in [0.25, 0.3) is 0 Å². The van der Waals surface area contributed by atoms with Gasteiger partial charge >= 0.3 is 0 Å². The smallest absolute Gasteiger partial charge is 0.244 e. The van der Waals surface area contributed by atoms with E-state index in [1.807, 2.05) is 0 Å². The maximum absolute atomic E-state index is 13.8. The summed E-state index contributed by atoms with van der Waals surface area (Å²) in [5.74, 6) is 3.05. The third-order valence-electron chi connectivity index (χ3n) is 2.86. The molecule has 0 amide bonds. The van der Waals surface area contributed by atoms with E-state index in [1.54, 1.807) is 0 Å². The fraction of sp³-hybridized carbons (Fsp3) is 0.385. The number of nitrogens with two attached hydrogens (primary N) is 1. The average Bonchev–Trinajstić information content (AvgIpc) is 3.16. The number of hydrogen-bond donors (Lipinski definition) is 2. The van der Waals surface area contributed by atoms with E-state index in [2.05, 4.69) is 16.6 Å². The van der Waals surface area contributed by atoms with Gasteiger partial charge in [0, 0.05) is 12.6 Å². The first-order chi connectivity index (χ1) is 9.44. The third kappa shape index (κ3) is 3.54. The van der Waals surface area contributed by atoms with Crippen LogP contribution in [-0.4, -0.2) is 21.5 Å². The van der Waals surface area contributed by atoms with Crippen LogP contribution < -0.4 is 10.5 Å². The van der Waals surface area contributed by atoms with Gasteiger partial charge in [0.15, 0.2) is 0 Å². The van der Waals surface area contributed by atoms with Crippen molar-refractivity contribution in [3.8, 4) is 11.8 Å². The molecule has 0 bridgehead atoms. The van der Waals surface area contributed by atoms with Crippen molar-refractivity contribution in [3.63, 3.8) is 0 Å². The highest BCUT2D eigenvalue weighted by Crippen LogP contribution is 2.28. The predicted molar refractivity (Wildman–Crippen MR) is 70.2 cm³/mol. The summed E-state index contributed by atoms with van der Waals surface area (Å²) >= 11 is 0. The molecule has 0 spiro atoms. The Morgan fingerprint density at radius 2 is 2.05 bits per heavy atom. The average molecular weight is 300 g/mol. The lowest BCUT2D eigenvalue weighted by molar-refractivity contribution is 0.540. The first kappa shape index (κ1) is 14.9. The standard InChI is InChI=1S/C13H14F2N2O2S/c14-11-6-10(2-1-5-16)13(12(15)7-11)20(18,19)17-8-9-3-4-9/h6-7,9,17H,3-5,8,16H2. The van der Waals surface area contributed by atoms with Crippen LogP contribution in [-0.2, 0) is 10.0 Å². The van der Waals surface area contributed by atoms with Crippen molar-refractivity contribution in [3.05, 3.63) is 29.3 Å².